The number of nitrogens with zero attached hydrogens (tertiary/aromatic N) is 2. The Bertz CT molecular complexity index is 581. The van der Waals surface area contributed by atoms with Crippen LogP contribution < -0.4 is 0 Å². The second-order valence-electron chi connectivity index (χ2n) is 3.36. The first-order chi connectivity index (χ1) is 9.86. The molecule has 0 aromatic carbocycles. The molecule has 0 unspecified atom stereocenters. The first-order valence-electron chi connectivity index (χ1n) is 8.06. The van der Waals surface area contributed by atoms with Crippen molar-refractivity contribution in [2.75, 3.05) is 6.56 Å². The Balaban J connectivity index is 2.47. The zero-order valence-corrected chi connectivity index (χ0v) is 8.23. The summed E-state index contributed by atoms with van der Waals surface area (Å²) in [6.45, 7) is -5.09. The minimum absolute atomic E-state index is 0.0511. The number of carbonyl (C=O) groups is 1. The molecular formula is C11H16N2O2. The van der Waals surface area contributed by atoms with Gasteiger partial charge in [-0.25, -0.2) is 4.98 Å². The molecule has 0 N–H and O–H groups in total. The Morgan fingerprint density at radius 1 is 1.93 bits per heavy atom. The third-order valence-electron chi connectivity index (χ3n) is 2.33. The van der Waals surface area contributed by atoms with Crippen molar-refractivity contribution in [3.63, 3.8) is 0 Å². The lowest BCUT2D eigenvalue weighted by Gasteiger charge is -2.12. The number of rotatable bonds is 3. The van der Waals surface area contributed by atoms with Gasteiger partial charge in [-0.2, -0.15) is 0 Å². The van der Waals surface area contributed by atoms with Gasteiger partial charge in [0.1, 0.15) is 0 Å². The molecule has 1 aliphatic heterocycles. The van der Waals surface area contributed by atoms with Gasteiger partial charge in [0.25, 0.3) is 0 Å². The van der Waals surface area contributed by atoms with E-state index in [9.17, 15) is 4.79 Å². The second-order valence-corrected chi connectivity index (χ2v) is 3.36. The second kappa shape index (κ2) is 4.04. The molecule has 1 saturated heterocycles. The molecule has 0 saturated carbocycles. The van der Waals surface area contributed by atoms with E-state index in [2.05, 4.69) is 9.72 Å². The molecule has 4 heteroatoms. The Morgan fingerprint density at radius 3 is 3.47 bits per heavy atom. The van der Waals surface area contributed by atoms with Crippen LogP contribution in [0.25, 0.3) is 0 Å². The predicted octanol–water partition coefficient (Wildman–Crippen LogP) is 1.16. The minimum Gasteiger partial charge on any atom is -0.465 e. The monoisotopic (exact) mass is 215 g/mol. The number of hydrogen-bond acceptors (Lipinski definition) is 3. The topological polar surface area (TPSA) is 44.1 Å². The fraction of sp³-hybridized carbons (Fsp3) is 0.636. The van der Waals surface area contributed by atoms with Crippen molar-refractivity contribution in [2.24, 2.45) is 18.9 Å². The smallest absolute Gasteiger partial charge is 0.309 e. The number of aryl methyl sites for hydroxylation is 1. The number of hydrogen-bond donors (Lipinski definition) is 0. The van der Waals surface area contributed by atoms with E-state index < -0.39 is 44.0 Å². The Hall–Kier alpha value is -1.32. The summed E-state index contributed by atoms with van der Waals surface area (Å²) in [5, 5.41) is 0. The van der Waals surface area contributed by atoms with Crippen LogP contribution in [0.3, 0.4) is 0 Å². The molecule has 0 amide bonds. The molecule has 1 aromatic heterocycles. The van der Waals surface area contributed by atoms with Crippen molar-refractivity contribution in [1.82, 2.24) is 9.55 Å². The summed E-state index contributed by atoms with van der Waals surface area (Å²) in [5.41, 5.74) is 0.0511. The number of carbonyl (C=O) groups excluding carboxylic acids is 1. The zero-order valence-electron chi connectivity index (χ0n) is 15.2. The van der Waals surface area contributed by atoms with E-state index in [-0.39, 0.29) is 5.69 Å². The molecule has 2 atom stereocenters. The lowest BCUT2D eigenvalue weighted by Crippen LogP contribution is -2.18. The van der Waals surface area contributed by atoms with Crippen LogP contribution in [0, 0.1) is 11.8 Å². The van der Waals surface area contributed by atoms with Gasteiger partial charge in [-0.15, -0.1) is 0 Å². The number of ether oxygens (including phenoxy) is 1. The van der Waals surface area contributed by atoms with Gasteiger partial charge in [0, 0.05) is 31.7 Å². The van der Waals surface area contributed by atoms with E-state index >= 15 is 0 Å². The highest BCUT2D eigenvalue weighted by Crippen LogP contribution is 2.27. The van der Waals surface area contributed by atoms with E-state index in [0.29, 0.717) is 0 Å². The Labute approximate surface area is 99.1 Å². The molecule has 1 aromatic rings. The normalized spacial score (nSPS) is 37.7. The van der Waals surface area contributed by atoms with Gasteiger partial charge in [0.2, 0.25) is 0 Å². The fourth-order valence-electron chi connectivity index (χ4n) is 1.40. The maximum Gasteiger partial charge on any atom is 0.309 e. The van der Waals surface area contributed by atoms with Gasteiger partial charge in [0.05, 0.1) is 21.5 Å². The van der Waals surface area contributed by atoms with Crippen molar-refractivity contribution in [2.45, 2.75) is 19.6 Å². The van der Waals surface area contributed by atoms with Crippen molar-refractivity contribution >= 4 is 5.97 Å². The lowest BCUT2D eigenvalue weighted by atomic mass is 9.89. The molecule has 0 spiro atoms. The highest BCUT2D eigenvalue weighted by Gasteiger charge is 2.35. The first-order valence-corrected chi connectivity index (χ1v) is 4.56. The molecule has 82 valence electrons. The van der Waals surface area contributed by atoms with E-state index in [4.69, 9.17) is 9.60 Å². The summed E-state index contributed by atoms with van der Waals surface area (Å²) >= 11 is 0. The molecule has 0 aliphatic carbocycles. The lowest BCUT2D eigenvalue weighted by molar-refractivity contribution is -0.141. The third-order valence-corrected chi connectivity index (χ3v) is 2.33. The maximum atomic E-state index is 11.9. The molecule has 15 heavy (non-hydrogen) atoms. The van der Waals surface area contributed by atoms with E-state index in [1.54, 1.807) is 0 Å². The van der Waals surface area contributed by atoms with Crippen LogP contribution in [-0.2, 0) is 23.0 Å². The van der Waals surface area contributed by atoms with Crippen LogP contribution in [-0.4, -0.2) is 22.1 Å². The van der Waals surface area contributed by atoms with Crippen molar-refractivity contribution in [3.8, 4) is 0 Å². The van der Waals surface area contributed by atoms with E-state index in [0.717, 1.165) is 0 Å². The molecule has 0 bridgehead atoms. The molecular weight excluding hydrogens is 192 g/mol. The predicted molar refractivity (Wildman–Crippen MR) is 55.1 cm³/mol. The largest absolute Gasteiger partial charge is 0.465 e. The highest BCUT2D eigenvalue weighted by molar-refractivity contribution is 5.74. The van der Waals surface area contributed by atoms with Crippen molar-refractivity contribution < 1.29 is 19.1 Å². The molecule has 2 heterocycles. The number of esters is 1. The van der Waals surface area contributed by atoms with Crippen LogP contribution in [0.5, 0.6) is 0 Å². The van der Waals surface area contributed by atoms with Gasteiger partial charge in [-0.3, -0.25) is 4.79 Å². The quantitative estimate of drug-likeness (QED) is 0.711. The van der Waals surface area contributed by atoms with Crippen LogP contribution in [0.1, 0.15) is 28.6 Å². The summed E-state index contributed by atoms with van der Waals surface area (Å²) in [5.74, 6) is -4.01. The van der Waals surface area contributed by atoms with Crippen molar-refractivity contribution in [3.05, 3.63) is 18.2 Å². The van der Waals surface area contributed by atoms with Crippen molar-refractivity contribution in [1.29, 1.82) is 0 Å². The Morgan fingerprint density at radius 2 is 2.80 bits per heavy atom. The fourth-order valence-corrected chi connectivity index (χ4v) is 1.40. The highest BCUT2D eigenvalue weighted by atomic mass is 16.5. The maximum absolute atomic E-state index is 11.9. The molecule has 1 fully saturated rings. The summed E-state index contributed by atoms with van der Waals surface area (Å²) in [7, 11) is 1.53. The number of imidazole rings is 1. The summed E-state index contributed by atoms with van der Waals surface area (Å²) in [6, 6.07) is 0. The van der Waals surface area contributed by atoms with Gasteiger partial charge in [0.15, 0.2) is 0 Å². The summed E-state index contributed by atoms with van der Waals surface area (Å²) in [4.78, 5) is 15.7. The molecule has 4 nitrogen and oxygen atoms in total. The van der Waals surface area contributed by atoms with Crippen LogP contribution in [0.15, 0.2) is 12.5 Å². The van der Waals surface area contributed by atoms with E-state index in [1.807, 2.05) is 0 Å². The number of cyclic esters (lactones) is 1. The van der Waals surface area contributed by atoms with Gasteiger partial charge < -0.3 is 9.30 Å². The molecule has 0 radical (unpaired) electrons. The molecule has 2 rings (SSSR count). The SMILES string of the molecule is [2H]C([2H])([2H])C[C@@H]1C(=O)OC([2H])([2H])[C@@H]1C([2H])([2H])c1cncn1C. The average Bonchev–Trinajstić information content (AvgIpc) is 2.79. The third kappa shape index (κ3) is 1.89. The summed E-state index contributed by atoms with van der Waals surface area (Å²) in [6.07, 6.45) is -0.394. The first kappa shape index (κ1) is 4.68. The van der Waals surface area contributed by atoms with Crippen LogP contribution in [0.4, 0.5) is 0 Å². The van der Waals surface area contributed by atoms with Gasteiger partial charge in [-0.1, -0.05) is 6.85 Å². The van der Waals surface area contributed by atoms with Gasteiger partial charge >= 0.3 is 5.97 Å². The zero-order chi connectivity index (χ0) is 16.9. The van der Waals surface area contributed by atoms with Crippen LogP contribution >= 0.6 is 0 Å². The minimum atomic E-state index is -2.60. The van der Waals surface area contributed by atoms with Crippen LogP contribution in [0.2, 0.25) is 0 Å². The molecule has 1 aliphatic rings. The summed E-state index contributed by atoms with van der Waals surface area (Å²) < 4.78 is 60.0. The Kier molecular flexibility index (Phi) is 1.26. The van der Waals surface area contributed by atoms with Gasteiger partial charge in [-0.05, 0) is 12.8 Å². The number of aromatic nitrogens is 2. The average molecular weight is 215 g/mol. The standard InChI is InChI=1S/C11H16N2O2/c1-3-10-8(6-15-11(10)14)4-9-5-12-7-13(9)2/h5,7-8,10H,3-4,6H2,1-2H3/t8-,10-/m0/s1/i1D3,4D2,6D2. The van der Waals surface area contributed by atoms with E-state index in [1.165, 1.54) is 24.1 Å².